The molecule has 0 unspecified atom stereocenters. The fourth-order valence-electron chi connectivity index (χ4n) is 3.72. The zero-order valence-corrected chi connectivity index (χ0v) is 17.9. The number of hydrogen-bond acceptors (Lipinski definition) is 5. The summed E-state index contributed by atoms with van der Waals surface area (Å²) in [6, 6.07) is 12.9. The van der Waals surface area contributed by atoms with E-state index in [-0.39, 0.29) is 12.5 Å². The molecule has 1 fully saturated rings. The van der Waals surface area contributed by atoms with Crippen LogP contribution in [0, 0.1) is 13.8 Å². The predicted molar refractivity (Wildman–Crippen MR) is 116 cm³/mol. The van der Waals surface area contributed by atoms with Crippen LogP contribution in [0.1, 0.15) is 11.4 Å². The molecule has 2 heterocycles. The number of carbonyl (C=O) groups excluding carboxylic acids is 1. The van der Waals surface area contributed by atoms with Crippen LogP contribution in [0.3, 0.4) is 0 Å². The molecule has 8 nitrogen and oxygen atoms in total. The van der Waals surface area contributed by atoms with E-state index in [9.17, 15) is 13.2 Å². The molecule has 1 aliphatic heterocycles. The molecule has 0 aliphatic carbocycles. The fourth-order valence-corrected chi connectivity index (χ4v) is 5.18. The van der Waals surface area contributed by atoms with E-state index >= 15 is 0 Å². The molecule has 9 heteroatoms. The monoisotopic (exact) mass is 427 g/mol. The SMILES string of the molecule is Cc1n[nH]c(C)c1NC(=O)CN1CCN(S(=O)(=O)c2ccc3ccccc3c2)CC1. The third-order valence-corrected chi connectivity index (χ3v) is 7.34. The summed E-state index contributed by atoms with van der Waals surface area (Å²) in [4.78, 5) is 14.6. The summed E-state index contributed by atoms with van der Waals surface area (Å²) in [5.41, 5.74) is 2.26. The first-order chi connectivity index (χ1) is 14.3. The van der Waals surface area contributed by atoms with Gasteiger partial charge in [0.1, 0.15) is 0 Å². The number of benzene rings is 2. The summed E-state index contributed by atoms with van der Waals surface area (Å²) in [6.45, 7) is 5.61. The van der Waals surface area contributed by atoms with Crippen LogP contribution in [-0.2, 0) is 14.8 Å². The Kier molecular flexibility index (Phi) is 5.59. The summed E-state index contributed by atoms with van der Waals surface area (Å²) in [5.74, 6) is -0.131. The van der Waals surface area contributed by atoms with Crippen LogP contribution in [0.5, 0.6) is 0 Å². The van der Waals surface area contributed by atoms with E-state index in [1.807, 2.05) is 49.1 Å². The Balaban J connectivity index is 1.38. The van der Waals surface area contributed by atoms with Crippen molar-refractivity contribution in [2.45, 2.75) is 18.7 Å². The highest BCUT2D eigenvalue weighted by Gasteiger charge is 2.29. The number of nitrogens with zero attached hydrogens (tertiary/aromatic N) is 3. The Morgan fingerprint density at radius 2 is 1.77 bits per heavy atom. The second kappa shape index (κ2) is 8.17. The number of nitrogens with one attached hydrogen (secondary N) is 2. The molecule has 0 radical (unpaired) electrons. The molecule has 2 N–H and O–H groups in total. The lowest BCUT2D eigenvalue weighted by molar-refractivity contribution is -0.117. The Hall–Kier alpha value is -2.75. The van der Waals surface area contributed by atoms with Gasteiger partial charge in [0.15, 0.2) is 0 Å². The van der Waals surface area contributed by atoms with Gasteiger partial charge in [-0.2, -0.15) is 9.40 Å². The number of piperazine rings is 1. The van der Waals surface area contributed by atoms with Crippen molar-refractivity contribution in [2.24, 2.45) is 0 Å². The van der Waals surface area contributed by atoms with Crippen molar-refractivity contribution in [1.29, 1.82) is 0 Å². The molecule has 2 aromatic carbocycles. The number of aromatic nitrogens is 2. The van der Waals surface area contributed by atoms with E-state index in [0.717, 1.165) is 22.2 Å². The van der Waals surface area contributed by atoms with E-state index < -0.39 is 10.0 Å². The summed E-state index contributed by atoms with van der Waals surface area (Å²) < 4.78 is 27.6. The first-order valence-electron chi connectivity index (χ1n) is 9.87. The van der Waals surface area contributed by atoms with Crippen molar-refractivity contribution in [3.63, 3.8) is 0 Å². The first kappa shape index (κ1) is 20.5. The van der Waals surface area contributed by atoms with E-state index in [1.165, 1.54) is 4.31 Å². The predicted octanol–water partition coefficient (Wildman–Crippen LogP) is 2.12. The van der Waals surface area contributed by atoms with Crippen LogP contribution >= 0.6 is 0 Å². The number of anilines is 1. The molecule has 1 amide bonds. The first-order valence-corrected chi connectivity index (χ1v) is 11.3. The third kappa shape index (κ3) is 4.09. The zero-order chi connectivity index (χ0) is 21.3. The van der Waals surface area contributed by atoms with Crippen molar-refractivity contribution >= 4 is 32.4 Å². The average molecular weight is 428 g/mol. The van der Waals surface area contributed by atoms with Crippen molar-refractivity contribution in [1.82, 2.24) is 19.4 Å². The molecule has 0 atom stereocenters. The van der Waals surface area contributed by atoms with Gasteiger partial charge in [-0.15, -0.1) is 0 Å². The highest BCUT2D eigenvalue weighted by molar-refractivity contribution is 7.89. The standard InChI is InChI=1S/C21H25N5O3S/c1-15-21(16(2)24-23-15)22-20(27)14-25-9-11-26(12-10-25)30(28,29)19-8-7-17-5-3-4-6-18(17)13-19/h3-8,13H,9-12,14H2,1-2H3,(H,22,27)(H,23,24). The van der Waals surface area contributed by atoms with Gasteiger partial charge in [0, 0.05) is 26.2 Å². The molecule has 0 spiro atoms. The maximum absolute atomic E-state index is 13.1. The average Bonchev–Trinajstić information content (AvgIpc) is 3.05. The molecule has 3 aromatic rings. The number of H-pyrrole nitrogens is 1. The van der Waals surface area contributed by atoms with E-state index in [4.69, 9.17) is 0 Å². The van der Waals surface area contributed by atoms with Crippen molar-refractivity contribution in [2.75, 3.05) is 38.0 Å². The summed E-state index contributed by atoms with van der Waals surface area (Å²) in [5, 5.41) is 11.7. The van der Waals surface area contributed by atoms with Gasteiger partial charge in [-0.1, -0.05) is 30.3 Å². The summed E-state index contributed by atoms with van der Waals surface area (Å²) in [6.07, 6.45) is 0. The summed E-state index contributed by atoms with van der Waals surface area (Å²) in [7, 11) is -3.56. The normalized spacial score (nSPS) is 16.1. The van der Waals surface area contributed by atoms with Gasteiger partial charge in [-0.05, 0) is 36.8 Å². The van der Waals surface area contributed by atoms with Crippen LogP contribution in [-0.4, -0.2) is 66.5 Å². The molecule has 1 saturated heterocycles. The molecule has 0 bridgehead atoms. The lowest BCUT2D eigenvalue weighted by atomic mass is 10.1. The minimum absolute atomic E-state index is 0.131. The number of carbonyl (C=O) groups is 1. The van der Waals surface area contributed by atoms with E-state index in [1.54, 1.807) is 12.1 Å². The quantitative estimate of drug-likeness (QED) is 0.650. The van der Waals surface area contributed by atoms with E-state index in [2.05, 4.69) is 15.5 Å². The maximum atomic E-state index is 13.1. The lowest BCUT2D eigenvalue weighted by Crippen LogP contribution is -2.50. The minimum atomic E-state index is -3.56. The van der Waals surface area contributed by atoms with Gasteiger partial charge in [0.05, 0.1) is 28.5 Å². The number of hydrogen-bond donors (Lipinski definition) is 2. The molecule has 4 rings (SSSR count). The van der Waals surface area contributed by atoms with Crippen molar-refractivity contribution in [3.05, 3.63) is 53.9 Å². The number of aromatic amines is 1. The van der Waals surface area contributed by atoms with Crippen LogP contribution in [0.2, 0.25) is 0 Å². The molecule has 30 heavy (non-hydrogen) atoms. The Labute approximate surface area is 175 Å². The summed E-state index contributed by atoms with van der Waals surface area (Å²) >= 11 is 0. The van der Waals surface area contributed by atoms with Crippen LogP contribution in [0.25, 0.3) is 10.8 Å². The van der Waals surface area contributed by atoms with Crippen LogP contribution in [0.4, 0.5) is 5.69 Å². The number of aryl methyl sites for hydroxylation is 2. The third-order valence-electron chi connectivity index (χ3n) is 5.45. The molecule has 1 aromatic heterocycles. The molecule has 158 valence electrons. The molecule has 1 aliphatic rings. The highest BCUT2D eigenvalue weighted by atomic mass is 32.2. The van der Waals surface area contributed by atoms with Crippen molar-refractivity contribution < 1.29 is 13.2 Å². The van der Waals surface area contributed by atoms with E-state index in [0.29, 0.717) is 36.8 Å². The van der Waals surface area contributed by atoms with Gasteiger partial charge in [0.2, 0.25) is 15.9 Å². The zero-order valence-electron chi connectivity index (χ0n) is 17.1. The van der Waals surface area contributed by atoms with Gasteiger partial charge in [-0.25, -0.2) is 8.42 Å². The largest absolute Gasteiger partial charge is 0.322 e. The van der Waals surface area contributed by atoms with Gasteiger partial charge in [-0.3, -0.25) is 14.8 Å². The minimum Gasteiger partial charge on any atom is -0.322 e. The number of fused-ring (bicyclic) bond motifs is 1. The van der Waals surface area contributed by atoms with Crippen LogP contribution in [0.15, 0.2) is 47.4 Å². The topological polar surface area (TPSA) is 98.4 Å². The van der Waals surface area contributed by atoms with Gasteiger partial charge in [0.25, 0.3) is 0 Å². The molecule has 0 saturated carbocycles. The number of amides is 1. The maximum Gasteiger partial charge on any atom is 0.243 e. The lowest BCUT2D eigenvalue weighted by Gasteiger charge is -2.33. The Bertz CT molecular complexity index is 1160. The molecular formula is C21H25N5O3S. The van der Waals surface area contributed by atoms with Crippen molar-refractivity contribution in [3.8, 4) is 0 Å². The Morgan fingerprint density at radius 1 is 1.07 bits per heavy atom. The number of sulfonamides is 1. The second-order valence-corrected chi connectivity index (χ2v) is 9.48. The van der Waals surface area contributed by atoms with Gasteiger partial charge < -0.3 is 5.32 Å². The molecular weight excluding hydrogens is 402 g/mol. The smallest absolute Gasteiger partial charge is 0.243 e. The number of rotatable bonds is 5. The Morgan fingerprint density at radius 3 is 2.43 bits per heavy atom. The van der Waals surface area contributed by atoms with Crippen LogP contribution < -0.4 is 5.32 Å². The van der Waals surface area contributed by atoms with Gasteiger partial charge >= 0.3 is 0 Å². The second-order valence-electron chi connectivity index (χ2n) is 7.55. The fraction of sp³-hybridized carbons (Fsp3) is 0.333. The highest BCUT2D eigenvalue weighted by Crippen LogP contribution is 2.23.